The van der Waals surface area contributed by atoms with E-state index < -0.39 is 0 Å². The van der Waals surface area contributed by atoms with Crippen molar-refractivity contribution in [2.75, 3.05) is 6.54 Å². The summed E-state index contributed by atoms with van der Waals surface area (Å²) >= 11 is 4.86. The van der Waals surface area contributed by atoms with Gasteiger partial charge < -0.3 is 5.11 Å². The van der Waals surface area contributed by atoms with Gasteiger partial charge >= 0.3 is 0 Å². The third-order valence-electron chi connectivity index (χ3n) is 4.77. The van der Waals surface area contributed by atoms with E-state index in [9.17, 15) is 9.90 Å². The van der Waals surface area contributed by atoms with Gasteiger partial charge in [0.25, 0.3) is 0 Å². The highest BCUT2D eigenvalue weighted by Crippen LogP contribution is 2.39. The minimum absolute atomic E-state index is 0.0488. The lowest BCUT2D eigenvalue weighted by Crippen LogP contribution is -2.10. The fraction of sp³-hybridized carbons (Fsp3) is 0.250. The zero-order chi connectivity index (χ0) is 21.2. The summed E-state index contributed by atoms with van der Waals surface area (Å²) in [6.45, 7) is 8.41. The van der Waals surface area contributed by atoms with Gasteiger partial charge in [0.05, 0.1) is 4.88 Å². The molecule has 150 valence electrons. The first kappa shape index (κ1) is 21.5. The molecule has 2 aromatic carbocycles. The summed E-state index contributed by atoms with van der Waals surface area (Å²) in [7, 11) is 0. The van der Waals surface area contributed by atoms with Crippen LogP contribution in [0.25, 0.3) is 10.4 Å². The fourth-order valence-corrected chi connectivity index (χ4v) is 4.37. The van der Waals surface area contributed by atoms with E-state index in [-0.39, 0.29) is 23.5 Å². The number of Topliss-reactive ketones (excluding diaryl/α,β-unsaturated/α-hetero) is 1. The van der Waals surface area contributed by atoms with E-state index in [1.165, 1.54) is 16.9 Å². The molecule has 0 spiro atoms. The number of ketones is 1. The Labute approximate surface area is 184 Å². The number of thiophene rings is 1. The van der Waals surface area contributed by atoms with Crippen molar-refractivity contribution >= 4 is 38.8 Å². The average molecular weight is 470 g/mol. The van der Waals surface area contributed by atoms with Gasteiger partial charge in [-0.25, -0.2) is 0 Å². The second kappa shape index (κ2) is 8.64. The van der Waals surface area contributed by atoms with Crippen LogP contribution in [0.5, 0.6) is 5.75 Å². The number of carbonyl (C=O) groups excluding carboxylic acids is 1. The number of nitrogens with zero attached hydrogens (tertiary/aromatic N) is 1. The monoisotopic (exact) mass is 469 g/mol. The third kappa shape index (κ3) is 5.03. The molecule has 3 nitrogen and oxygen atoms in total. The number of halogens is 1. The summed E-state index contributed by atoms with van der Waals surface area (Å²) in [5.74, 6) is 0.160. The molecule has 1 aromatic heterocycles. The van der Waals surface area contributed by atoms with Crippen LogP contribution in [-0.4, -0.2) is 23.1 Å². The van der Waals surface area contributed by atoms with E-state index in [1.807, 2.05) is 36.6 Å². The Kier molecular flexibility index (Phi) is 6.39. The lowest BCUT2D eigenvalue weighted by atomic mass is 9.86. The summed E-state index contributed by atoms with van der Waals surface area (Å²) in [5, 5.41) is 12.6. The third-order valence-corrected chi connectivity index (χ3v) is 6.29. The molecule has 0 amide bonds. The van der Waals surface area contributed by atoms with Crippen molar-refractivity contribution in [3.05, 3.63) is 75.1 Å². The van der Waals surface area contributed by atoms with Crippen molar-refractivity contribution < 1.29 is 9.90 Å². The number of hydrogen-bond donors (Lipinski definition) is 1. The van der Waals surface area contributed by atoms with Gasteiger partial charge in [-0.05, 0) is 35.6 Å². The molecule has 0 atom stereocenters. The molecule has 0 fully saturated rings. The molecule has 5 heteroatoms. The number of benzene rings is 2. The second-order valence-corrected chi connectivity index (χ2v) is 9.78. The van der Waals surface area contributed by atoms with Gasteiger partial charge in [0.1, 0.15) is 12.3 Å². The molecule has 0 saturated carbocycles. The molecule has 0 saturated heterocycles. The zero-order valence-corrected chi connectivity index (χ0v) is 19.4. The minimum atomic E-state index is -0.0571. The van der Waals surface area contributed by atoms with Crippen LogP contribution in [0, 0.1) is 0 Å². The summed E-state index contributed by atoms with van der Waals surface area (Å²) in [5.41, 5.74) is 4.26. The van der Waals surface area contributed by atoms with Gasteiger partial charge in [-0.1, -0.05) is 73.1 Å². The molecule has 1 N–H and O–H groups in total. The van der Waals surface area contributed by atoms with Gasteiger partial charge in [0, 0.05) is 26.7 Å². The van der Waals surface area contributed by atoms with E-state index >= 15 is 0 Å². The quantitative estimate of drug-likeness (QED) is 0.327. The predicted molar refractivity (Wildman–Crippen MR) is 126 cm³/mol. The van der Waals surface area contributed by atoms with Crippen LogP contribution in [0.1, 0.15) is 49.2 Å². The lowest BCUT2D eigenvalue weighted by Gasteiger charge is -2.19. The van der Waals surface area contributed by atoms with Crippen molar-refractivity contribution in [3.8, 4) is 16.2 Å². The zero-order valence-electron chi connectivity index (χ0n) is 17.0. The summed E-state index contributed by atoms with van der Waals surface area (Å²) < 4.78 is 0.863. The molecule has 29 heavy (non-hydrogen) atoms. The minimum Gasteiger partial charge on any atom is -0.506 e. The van der Waals surface area contributed by atoms with Crippen molar-refractivity contribution in [2.45, 2.75) is 33.1 Å². The summed E-state index contributed by atoms with van der Waals surface area (Å²) in [6, 6.07) is 15.6. The number of aromatic hydroxyl groups is 1. The van der Waals surface area contributed by atoms with Crippen molar-refractivity contribution in [1.29, 1.82) is 0 Å². The van der Waals surface area contributed by atoms with Gasteiger partial charge in [-0.15, -0.1) is 11.3 Å². The summed E-state index contributed by atoms with van der Waals surface area (Å²) in [6.07, 6.45) is 0. The Balaban J connectivity index is 1.79. The smallest absolute Gasteiger partial charge is 0.184 e. The standard InChI is InChI=1S/C24H24BrNO2S/c1-15(26-13-21(27)17-6-5-7-19(25)12-17)20-14-29-23(22(20)28)16-8-10-18(11-9-16)24(2,3)4/h5-12,14,28H,13H2,1-4H3. The van der Waals surface area contributed by atoms with Crippen LogP contribution in [0.4, 0.5) is 0 Å². The summed E-state index contributed by atoms with van der Waals surface area (Å²) in [4.78, 5) is 17.6. The molecule has 0 aliphatic carbocycles. The highest BCUT2D eigenvalue weighted by molar-refractivity contribution is 9.10. The van der Waals surface area contributed by atoms with E-state index in [0.29, 0.717) is 16.8 Å². The highest BCUT2D eigenvalue weighted by Gasteiger charge is 2.17. The maximum absolute atomic E-state index is 12.4. The Morgan fingerprint density at radius 3 is 2.45 bits per heavy atom. The predicted octanol–water partition coefficient (Wildman–Crippen LogP) is 6.87. The van der Waals surface area contributed by atoms with Crippen LogP contribution in [-0.2, 0) is 5.41 Å². The van der Waals surface area contributed by atoms with E-state index in [1.54, 1.807) is 12.1 Å². The Morgan fingerprint density at radius 2 is 1.83 bits per heavy atom. The molecular weight excluding hydrogens is 446 g/mol. The highest BCUT2D eigenvalue weighted by atomic mass is 79.9. The normalized spacial score (nSPS) is 12.2. The van der Waals surface area contributed by atoms with E-state index in [0.717, 1.165) is 14.9 Å². The molecule has 3 rings (SSSR count). The van der Waals surface area contributed by atoms with Gasteiger partial charge in [0.2, 0.25) is 0 Å². The number of hydrogen-bond acceptors (Lipinski definition) is 4. The largest absolute Gasteiger partial charge is 0.506 e. The maximum atomic E-state index is 12.4. The van der Waals surface area contributed by atoms with E-state index in [2.05, 4.69) is 53.8 Å². The molecule has 1 heterocycles. The van der Waals surface area contributed by atoms with Gasteiger partial charge in [-0.2, -0.15) is 0 Å². The van der Waals surface area contributed by atoms with Crippen molar-refractivity contribution in [2.24, 2.45) is 4.99 Å². The van der Waals surface area contributed by atoms with Crippen LogP contribution in [0.15, 0.2) is 63.4 Å². The SMILES string of the molecule is CC(=NCC(=O)c1cccc(Br)c1)c1csc(-c2ccc(C(C)(C)C)cc2)c1O. The van der Waals surface area contributed by atoms with E-state index in [4.69, 9.17) is 0 Å². The number of rotatable bonds is 5. The molecule has 0 aliphatic rings. The Hall–Kier alpha value is -2.24. The lowest BCUT2D eigenvalue weighted by molar-refractivity contribution is 0.100. The average Bonchev–Trinajstić information content (AvgIpc) is 3.06. The van der Waals surface area contributed by atoms with Crippen LogP contribution < -0.4 is 0 Å². The molecule has 0 radical (unpaired) electrons. The van der Waals surface area contributed by atoms with Crippen LogP contribution >= 0.6 is 27.3 Å². The van der Waals surface area contributed by atoms with Crippen LogP contribution in [0.2, 0.25) is 0 Å². The first-order valence-corrected chi connectivity index (χ1v) is 11.1. The van der Waals surface area contributed by atoms with Gasteiger partial charge in [0.15, 0.2) is 5.78 Å². The van der Waals surface area contributed by atoms with Crippen molar-refractivity contribution in [3.63, 3.8) is 0 Å². The molecule has 0 aliphatic heterocycles. The number of carbonyl (C=O) groups is 1. The van der Waals surface area contributed by atoms with Gasteiger partial charge in [-0.3, -0.25) is 9.79 Å². The second-order valence-electron chi connectivity index (χ2n) is 7.99. The van der Waals surface area contributed by atoms with Crippen LogP contribution in [0.3, 0.4) is 0 Å². The fourth-order valence-electron chi connectivity index (χ4n) is 2.96. The molecular formula is C24H24BrNO2S. The first-order chi connectivity index (χ1) is 13.7. The molecule has 0 unspecified atom stereocenters. The topological polar surface area (TPSA) is 49.7 Å². The number of aliphatic imine (C=N–C) groups is 1. The molecule has 3 aromatic rings. The Morgan fingerprint density at radius 1 is 1.14 bits per heavy atom. The Bertz CT molecular complexity index is 1060. The van der Waals surface area contributed by atoms with Crippen molar-refractivity contribution in [1.82, 2.24) is 0 Å². The molecule has 0 bridgehead atoms. The maximum Gasteiger partial charge on any atom is 0.184 e. The first-order valence-electron chi connectivity index (χ1n) is 9.38.